The van der Waals surface area contributed by atoms with Crippen LogP contribution in [0.25, 0.3) is 0 Å². The fourth-order valence-corrected chi connectivity index (χ4v) is 2.44. The summed E-state index contributed by atoms with van der Waals surface area (Å²) in [6, 6.07) is 4.14. The number of hydrogen-bond acceptors (Lipinski definition) is 3. The number of hydrogen-bond donors (Lipinski definition) is 1. The van der Waals surface area contributed by atoms with Gasteiger partial charge in [0.15, 0.2) is 0 Å². The Morgan fingerprint density at radius 1 is 1.05 bits per heavy atom. The summed E-state index contributed by atoms with van der Waals surface area (Å²) in [5, 5.41) is 0. The number of nitrogens with zero attached hydrogens (tertiary/aromatic N) is 1. The van der Waals surface area contributed by atoms with Crippen molar-refractivity contribution in [1.29, 1.82) is 0 Å². The highest BCUT2D eigenvalue weighted by Gasteiger charge is 2.19. The van der Waals surface area contributed by atoms with E-state index < -0.39 is 32.5 Å². The van der Waals surface area contributed by atoms with Crippen LogP contribution in [-0.2, 0) is 10.0 Å². The number of anilines is 1. The van der Waals surface area contributed by atoms with E-state index in [0.717, 1.165) is 30.5 Å². The lowest BCUT2D eigenvalue weighted by Gasteiger charge is -2.08. The summed E-state index contributed by atoms with van der Waals surface area (Å²) in [5.74, 6) is -2.89. The molecule has 2 aromatic rings. The first kappa shape index (κ1) is 13.3. The van der Waals surface area contributed by atoms with Crippen molar-refractivity contribution in [3.8, 4) is 0 Å². The molecule has 0 fully saturated rings. The van der Waals surface area contributed by atoms with Crippen molar-refractivity contribution in [2.75, 3.05) is 4.72 Å². The van der Waals surface area contributed by atoms with Gasteiger partial charge in [-0.25, -0.2) is 22.2 Å². The van der Waals surface area contributed by atoms with E-state index in [1.54, 1.807) is 0 Å². The molecule has 0 bridgehead atoms. The molecular weight excluding hydrogens is 281 g/mol. The van der Waals surface area contributed by atoms with Crippen molar-refractivity contribution in [3.05, 3.63) is 54.1 Å². The quantitative estimate of drug-likeness (QED) is 0.882. The molecule has 0 atom stereocenters. The van der Waals surface area contributed by atoms with E-state index >= 15 is 0 Å². The summed E-state index contributed by atoms with van der Waals surface area (Å²) >= 11 is 0. The molecule has 2 rings (SSSR count). The van der Waals surface area contributed by atoms with Gasteiger partial charge in [-0.3, -0.25) is 4.72 Å². The largest absolute Gasteiger partial charge is 0.278 e. The molecule has 0 radical (unpaired) electrons. The Labute approximate surface area is 107 Å². The van der Waals surface area contributed by atoms with Crippen molar-refractivity contribution in [1.82, 2.24) is 4.98 Å². The third-order valence-electron chi connectivity index (χ3n) is 2.16. The van der Waals surface area contributed by atoms with E-state index in [9.17, 15) is 21.6 Å². The van der Waals surface area contributed by atoms with Crippen molar-refractivity contribution >= 4 is 15.7 Å². The zero-order valence-electron chi connectivity index (χ0n) is 9.27. The van der Waals surface area contributed by atoms with Gasteiger partial charge in [0.2, 0.25) is 5.95 Å². The maximum absolute atomic E-state index is 13.4. The van der Waals surface area contributed by atoms with E-state index in [1.165, 1.54) is 0 Å². The van der Waals surface area contributed by atoms with Crippen LogP contribution in [-0.4, -0.2) is 13.4 Å². The van der Waals surface area contributed by atoms with Crippen molar-refractivity contribution in [2.24, 2.45) is 0 Å². The average Bonchev–Trinajstić information content (AvgIpc) is 2.31. The van der Waals surface area contributed by atoms with Gasteiger partial charge in [0.05, 0.1) is 11.9 Å². The van der Waals surface area contributed by atoms with E-state index in [0.29, 0.717) is 6.07 Å². The third kappa shape index (κ3) is 3.02. The SMILES string of the molecule is O=S(=O)(Nc1ccc(F)nc1)c1ccc(F)cc1F. The Balaban J connectivity index is 2.35. The molecule has 0 saturated carbocycles. The van der Waals surface area contributed by atoms with Gasteiger partial charge >= 0.3 is 0 Å². The smallest absolute Gasteiger partial charge is 0.264 e. The number of rotatable bonds is 3. The zero-order chi connectivity index (χ0) is 14.0. The molecule has 1 heterocycles. The molecule has 0 spiro atoms. The van der Waals surface area contributed by atoms with E-state index in [-0.39, 0.29) is 5.69 Å². The molecular formula is C11H7F3N2O2S. The Bertz CT molecular complexity index is 702. The highest BCUT2D eigenvalue weighted by molar-refractivity contribution is 7.92. The normalized spacial score (nSPS) is 11.3. The van der Waals surface area contributed by atoms with Crippen molar-refractivity contribution in [3.63, 3.8) is 0 Å². The van der Waals surface area contributed by atoms with Gasteiger partial charge in [-0.1, -0.05) is 0 Å². The minimum absolute atomic E-state index is 0.0369. The third-order valence-corrected chi connectivity index (χ3v) is 3.58. The maximum atomic E-state index is 13.4. The number of halogens is 3. The topological polar surface area (TPSA) is 59.1 Å². The number of sulfonamides is 1. The standard InChI is InChI=1S/C11H7F3N2O2S/c12-7-1-3-10(9(13)5-7)19(17,18)16-8-2-4-11(14)15-6-8/h1-6,16H. The highest BCUT2D eigenvalue weighted by Crippen LogP contribution is 2.19. The zero-order valence-corrected chi connectivity index (χ0v) is 10.1. The summed E-state index contributed by atoms with van der Waals surface area (Å²) in [6.45, 7) is 0. The molecule has 19 heavy (non-hydrogen) atoms. The predicted molar refractivity (Wildman–Crippen MR) is 61.4 cm³/mol. The summed E-state index contributed by atoms with van der Waals surface area (Å²) in [6.07, 6.45) is 0.939. The Morgan fingerprint density at radius 3 is 2.37 bits per heavy atom. The first-order valence-electron chi connectivity index (χ1n) is 4.98. The van der Waals surface area contributed by atoms with Crippen LogP contribution in [0.5, 0.6) is 0 Å². The molecule has 0 aliphatic heterocycles. The first-order valence-corrected chi connectivity index (χ1v) is 6.46. The Hall–Kier alpha value is -2.09. The number of pyridine rings is 1. The van der Waals surface area contributed by atoms with E-state index in [4.69, 9.17) is 0 Å². The second kappa shape index (κ2) is 4.88. The molecule has 0 unspecified atom stereocenters. The second-order valence-electron chi connectivity index (χ2n) is 3.55. The van der Waals surface area contributed by atoms with Gasteiger partial charge < -0.3 is 0 Å². The van der Waals surface area contributed by atoms with Gasteiger partial charge in [-0.15, -0.1) is 0 Å². The maximum Gasteiger partial charge on any atom is 0.264 e. The molecule has 1 N–H and O–H groups in total. The molecule has 4 nitrogen and oxygen atoms in total. The van der Waals surface area contributed by atoms with Gasteiger partial charge in [0.25, 0.3) is 10.0 Å². The van der Waals surface area contributed by atoms with E-state index in [1.807, 2.05) is 4.72 Å². The number of nitrogens with one attached hydrogen (secondary N) is 1. The molecule has 100 valence electrons. The van der Waals surface area contributed by atoms with Crippen molar-refractivity contribution < 1.29 is 21.6 Å². The highest BCUT2D eigenvalue weighted by atomic mass is 32.2. The van der Waals surface area contributed by atoms with Gasteiger partial charge in [-0.2, -0.15) is 4.39 Å². The summed E-state index contributed by atoms with van der Waals surface area (Å²) in [4.78, 5) is 2.54. The van der Waals surface area contributed by atoms with Crippen LogP contribution in [0.3, 0.4) is 0 Å². The summed E-state index contributed by atoms with van der Waals surface area (Å²) < 4.78 is 64.3. The molecule has 1 aromatic heterocycles. The van der Waals surface area contributed by atoms with E-state index in [2.05, 4.69) is 4.98 Å². The summed E-state index contributed by atoms with van der Waals surface area (Å²) in [7, 11) is -4.23. The summed E-state index contributed by atoms with van der Waals surface area (Å²) in [5.41, 5.74) is -0.0369. The van der Waals surface area contributed by atoms with Crippen LogP contribution in [0, 0.1) is 17.6 Å². The second-order valence-corrected chi connectivity index (χ2v) is 5.20. The van der Waals surface area contributed by atoms with Crippen LogP contribution in [0.15, 0.2) is 41.4 Å². The van der Waals surface area contributed by atoms with Gasteiger partial charge in [0, 0.05) is 6.07 Å². The lowest BCUT2D eigenvalue weighted by molar-refractivity contribution is 0.551. The molecule has 0 saturated heterocycles. The lowest BCUT2D eigenvalue weighted by atomic mass is 10.3. The Kier molecular flexibility index (Phi) is 3.43. The minimum atomic E-state index is -4.23. The van der Waals surface area contributed by atoms with Crippen LogP contribution in [0.4, 0.5) is 18.9 Å². The number of aromatic nitrogens is 1. The fourth-order valence-electron chi connectivity index (χ4n) is 1.34. The van der Waals surface area contributed by atoms with Gasteiger partial charge in [-0.05, 0) is 24.3 Å². The molecule has 0 aliphatic carbocycles. The fraction of sp³-hybridized carbons (Fsp3) is 0. The van der Waals surface area contributed by atoms with Crippen LogP contribution in [0.1, 0.15) is 0 Å². The average molecular weight is 288 g/mol. The molecule has 0 aliphatic rings. The van der Waals surface area contributed by atoms with Gasteiger partial charge in [0.1, 0.15) is 16.5 Å². The van der Waals surface area contributed by atoms with Crippen molar-refractivity contribution in [2.45, 2.75) is 4.90 Å². The Morgan fingerprint density at radius 2 is 1.79 bits per heavy atom. The van der Waals surface area contributed by atoms with Crippen LogP contribution >= 0.6 is 0 Å². The predicted octanol–water partition coefficient (Wildman–Crippen LogP) is 2.30. The molecule has 8 heteroatoms. The van der Waals surface area contributed by atoms with Crippen LogP contribution < -0.4 is 4.72 Å². The lowest BCUT2D eigenvalue weighted by Crippen LogP contribution is -2.15. The monoisotopic (exact) mass is 288 g/mol. The molecule has 1 aromatic carbocycles. The molecule has 0 amide bonds. The van der Waals surface area contributed by atoms with Crippen LogP contribution in [0.2, 0.25) is 0 Å². The minimum Gasteiger partial charge on any atom is -0.278 e. The number of benzene rings is 1. The first-order chi connectivity index (χ1) is 8.88.